The first-order valence-corrected chi connectivity index (χ1v) is 6.85. The molecule has 7 nitrogen and oxygen atoms in total. The number of para-hydroxylation sites is 2. The van der Waals surface area contributed by atoms with Gasteiger partial charge in [-0.15, -0.1) is 5.10 Å². The number of tetrazole rings is 1. The number of nitrogens with one attached hydrogen (secondary N) is 1. The molecule has 1 N–H and O–H groups in total. The van der Waals surface area contributed by atoms with E-state index >= 15 is 0 Å². The highest BCUT2D eigenvalue weighted by Gasteiger charge is 2.19. The zero-order chi connectivity index (χ0) is 14.5. The third kappa shape index (κ3) is 2.90. The van der Waals surface area contributed by atoms with E-state index in [1.54, 1.807) is 25.8 Å². The number of benzene rings is 1. The number of nitrogens with zero attached hydrogens (tertiary/aromatic N) is 4. The molecule has 0 fully saturated rings. The Labute approximate surface area is 120 Å². The molecule has 0 aliphatic rings. The van der Waals surface area contributed by atoms with Crippen LogP contribution in [0.5, 0.6) is 5.75 Å². The summed E-state index contributed by atoms with van der Waals surface area (Å²) in [6, 6.07) is 7.42. The maximum Gasteiger partial charge on any atom is 0.233 e. The van der Waals surface area contributed by atoms with Crippen LogP contribution in [0.4, 0.5) is 0 Å². The second-order valence-corrected chi connectivity index (χ2v) is 5.23. The molecule has 1 atom stereocenters. The highest BCUT2D eigenvalue weighted by Crippen LogP contribution is 2.27. The van der Waals surface area contributed by atoms with Gasteiger partial charge >= 0.3 is 0 Å². The van der Waals surface area contributed by atoms with E-state index < -0.39 is 0 Å². The lowest BCUT2D eigenvalue weighted by Crippen LogP contribution is -2.27. The van der Waals surface area contributed by atoms with Crippen LogP contribution >= 0.6 is 11.8 Å². The monoisotopic (exact) mass is 293 g/mol. The topological polar surface area (TPSA) is 81.9 Å². The Morgan fingerprint density at radius 3 is 2.90 bits per heavy atom. The van der Waals surface area contributed by atoms with E-state index in [4.69, 9.17) is 4.74 Å². The summed E-state index contributed by atoms with van der Waals surface area (Å²) in [7, 11) is 3.19. The molecule has 106 valence electrons. The van der Waals surface area contributed by atoms with Crippen molar-refractivity contribution in [1.29, 1.82) is 0 Å². The van der Waals surface area contributed by atoms with Crippen LogP contribution in [0.15, 0.2) is 29.4 Å². The van der Waals surface area contributed by atoms with E-state index in [9.17, 15) is 4.79 Å². The summed E-state index contributed by atoms with van der Waals surface area (Å²) >= 11 is 1.28. The number of methoxy groups -OCH3 is 1. The van der Waals surface area contributed by atoms with Crippen LogP contribution in [-0.4, -0.2) is 45.5 Å². The molecule has 2 rings (SSSR count). The molecule has 0 aliphatic carbocycles. The van der Waals surface area contributed by atoms with E-state index in [1.165, 1.54) is 11.8 Å². The lowest BCUT2D eigenvalue weighted by atomic mass is 10.3. The van der Waals surface area contributed by atoms with Crippen molar-refractivity contribution in [2.24, 2.45) is 0 Å². The molecule has 0 bridgehead atoms. The van der Waals surface area contributed by atoms with Gasteiger partial charge in [0.05, 0.1) is 12.4 Å². The van der Waals surface area contributed by atoms with Crippen molar-refractivity contribution in [2.75, 3.05) is 14.2 Å². The molecular weight excluding hydrogens is 278 g/mol. The molecule has 0 saturated heterocycles. The van der Waals surface area contributed by atoms with Gasteiger partial charge in [0.15, 0.2) is 0 Å². The summed E-state index contributed by atoms with van der Waals surface area (Å²) in [5, 5.41) is 14.4. The number of amides is 1. The molecule has 1 aromatic heterocycles. The Morgan fingerprint density at radius 2 is 2.20 bits per heavy atom. The summed E-state index contributed by atoms with van der Waals surface area (Å²) < 4.78 is 6.85. The number of hydrogen-bond donors (Lipinski definition) is 1. The highest BCUT2D eigenvalue weighted by molar-refractivity contribution is 8.00. The van der Waals surface area contributed by atoms with E-state index in [2.05, 4.69) is 20.8 Å². The van der Waals surface area contributed by atoms with Crippen molar-refractivity contribution in [1.82, 2.24) is 25.5 Å². The Morgan fingerprint density at radius 1 is 1.45 bits per heavy atom. The van der Waals surface area contributed by atoms with Gasteiger partial charge in [0.25, 0.3) is 0 Å². The Hall–Kier alpha value is -2.09. The second kappa shape index (κ2) is 6.38. The van der Waals surface area contributed by atoms with Gasteiger partial charge in [0.1, 0.15) is 11.4 Å². The van der Waals surface area contributed by atoms with E-state index in [0.29, 0.717) is 10.9 Å². The maximum atomic E-state index is 11.6. The molecule has 0 unspecified atom stereocenters. The van der Waals surface area contributed by atoms with Crippen LogP contribution in [0.25, 0.3) is 5.69 Å². The number of thioether (sulfide) groups is 1. The minimum atomic E-state index is -0.292. The fourth-order valence-corrected chi connectivity index (χ4v) is 2.48. The van der Waals surface area contributed by atoms with Crippen molar-refractivity contribution in [3.05, 3.63) is 24.3 Å². The van der Waals surface area contributed by atoms with Gasteiger partial charge in [0, 0.05) is 7.05 Å². The predicted molar refractivity (Wildman–Crippen MR) is 75.1 cm³/mol. The number of carbonyl (C=O) groups excluding carboxylic acids is 1. The smallest absolute Gasteiger partial charge is 0.233 e. The third-order valence-corrected chi connectivity index (χ3v) is 3.69. The Balaban J connectivity index is 2.31. The van der Waals surface area contributed by atoms with Gasteiger partial charge in [-0.1, -0.05) is 23.9 Å². The molecule has 0 aliphatic heterocycles. The predicted octanol–water partition coefficient (Wildman–Crippen LogP) is 0.897. The quantitative estimate of drug-likeness (QED) is 0.825. The molecular formula is C12H15N5O2S. The van der Waals surface area contributed by atoms with E-state index in [-0.39, 0.29) is 11.2 Å². The van der Waals surface area contributed by atoms with Crippen molar-refractivity contribution < 1.29 is 9.53 Å². The average Bonchev–Trinajstić information content (AvgIpc) is 2.94. The molecule has 0 spiro atoms. The molecule has 2 aromatic rings. The fraction of sp³-hybridized carbons (Fsp3) is 0.333. The molecule has 8 heteroatoms. The summed E-state index contributed by atoms with van der Waals surface area (Å²) in [6.07, 6.45) is 0. The first-order valence-electron chi connectivity index (χ1n) is 5.97. The number of rotatable bonds is 5. The van der Waals surface area contributed by atoms with Crippen LogP contribution in [0.1, 0.15) is 6.92 Å². The minimum Gasteiger partial charge on any atom is -0.494 e. The fourth-order valence-electron chi connectivity index (χ4n) is 1.62. The third-order valence-electron chi connectivity index (χ3n) is 2.65. The van der Waals surface area contributed by atoms with Crippen molar-refractivity contribution in [2.45, 2.75) is 17.3 Å². The molecule has 1 amide bonds. The van der Waals surface area contributed by atoms with Crippen LogP contribution in [-0.2, 0) is 4.79 Å². The zero-order valence-electron chi connectivity index (χ0n) is 11.4. The summed E-state index contributed by atoms with van der Waals surface area (Å²) in [5.74, 6) is 0.582. The largest absolute Gasteiger partial charge is 0.494 e. The average molecular weight is 293 g/mol. The second-order valence-electron chi connectivity index (χ2n) is 3.92. The van der Waals surface area contributed by atoms with Crippen molar-refractivity contribution in [3.8, 4) is 11.4 Å². The van der Waals surface area contributed by atoms with E-state index in [0.717, 1.165) is 5.69 Å². The first-order chi connectivity index (χ1) is 9.67. The van der Waals surface area contributed by atoms with Crippen LogP contribution < -0.4 is 10.1 Å². The highest BCUT2D eigenvalue weighted by atomic mass is 32.2. The van der Waals surface area contributed by atoms with E-state index in [1.807, 2.05) is 24.3 Å². The van der Waals surface area contributed by atoms with Crippen LogP contribution in [0, 0.1) is 0 Å². The normalized spacial score (nSPS) is 11.9. The number of hydrogen-bond acceptors (Lipinski definition) is 6. The molecule has 20 heavy (non-hydrogen) atoms. The SMILES string of the molecule is CNC(=O)[C@H](C)Sc1nnnn1-c1ccccc1OC. The lowest BCUT2D eigenvalue weighted by Gasteiger charge is -2.11. The van der Waals surface area contributed by atoms with Gasteiger partial charge in [-0.2, -0.15) is 4.68 Å². The molecule has 0 saturated carbocycles. The van der Waals surface area contributed by atoms with Gasteiger partial charge in [-0.25, -0.2) is 0 Å². The zero-order valence-corrected chi connectivity index (χ0v) is 12.2. The maximum absolute atomic E-state index is 11.6. The van der Waals surface area contributed by atoms with Crippen LogP contribution in [0.3, 0.4) is 0 Å². The van der Waals surface area contributed by atoms with Gasteiger partial charge in [0.2, 0.25) is 11.1 Å². The minimum absolute atomic E-state index is 0.0791. The summed E-state index contributed by atoms with van der Waals surface area (Å²) in [5.41, 5.74) is 0.728. The molecule has 0 radical (unpaired) electrons. The summed E-state index contributed by atoms with van der Waals surface area (Å²) in [4.78, 5) is 11.6. The van der Waals surface area contributed by atoms with Gasteiger partial charge in [-0.3, -0.25) is 4.79 Å². The van der Waals surface area contributed by atoms with Gasteiger partial charge < -0.3 is 10.1 Å². The number of carbonyl (C=O) groups is 1. The lowest BCUT2D eigenvalue weighted by molar-refractivity contribution is -0.119. The van der Waals surface area contributed by atoms with Crippen molar-refractivity contribution >= 4 is 17.7 Å². The Bertz CT molecular complexity index is 601. The molecule has 1 aromatic carbocycles. The van der Waals surface area contributed by atoms with Gasteiger partial charge in [-0.05, 0) is 29.5 Å². The standard InChI is InChI=1S/C12H15N5O2S/c1-8(11(18)13-2)20-12-14-15-16-17(12)9-6-4-5-7-10(9)19-3/h4-8H,1-3H3,(H,13,18)/t8-/m0/s1. The van der Waals surface area contributed by atoms with Crippen molar-refractivity contribution in [3.63, 3.8) is 0 Å². The number of aromatic nitrogens is 4. The number of ether oxygens (including phenoxy) is 1. The summed E-state index contributed by atoms with van der Waals surface area (Å²) in [6.45, 7) is 1.80. The Kier molecular flexibility index (Phi) is 4.57. The first kappa shape index (κ1) is 14.3. The molecule has 1 heterocycles. The van der Waals surface area contributed by atoms with Crippen LogP contribution in [0.2, 0.25) is 0 Å².